The van der Waals surface area contributed by atoms with Gasteiger partial charge in [0.2, 0.25) is 0 Å². The van der Waals surface area contributed by atoms with Crippen LogP contribution in [0.2, 0.25) is 0 Å². The maximum Gasteiger partial charge on any atom is 0.164 e. The SMILES string of the molecule is c1ccc(-c2ccc(-c3nc(-c4ccccc4)nc(-c4cccc(-c5cccc(-c6ccc(-c7cccc8c7C7(CCCCC7)c7ccccc7-8)cc6)c5)c4)n3)cc2)cc1. The molecule has 3 nitrogen and oxygen atoms in total. The first-order valence-electron chi connectivity index (χ1n) is 21.2. The van der Waals surface area contributed by atoms with Crippen molar-refractivity contribution >= 4 is 0 Å². The van der Waals surface area contributed by atoms with Crippen molar-refractivity contribution in [3.8, 4) is 89.8 Å². The quantitative estimate of drug-likeness (QED) is 0.162. The molecule has 2 aliphatic carbocycles. The van der Waals surface area contributed by atoms with Gasteiger partial charge < -0.3 is 0 Å². The molecular formula is C57H43N3. The molecule has 8 aromatic carbocycles. The van der Waals surface area contributed by atoms with E-state index in [1.807, 2.05) is 24.3 Å². The fourth-order valence-electron chi connectivity index (χ4n) is 9.83. The van der Waals surface area contributed by atoms with Crippen LogP contribution in [0.15, 0.2) is 200 Å². The van der Waals surface area contributed by atoms with Crippen molar-refractivity contribution in [1.82, 2.24) is 15.0 Å². The molecule has 0 N–H and O–H groups in total. The lowest BCUT2D eigenvalue weighted by Gasteiger charge is -2.37. The molecule has 0 unspecified atom stereocenters. The minimum absolute atomic E-state index is 0.114. The molecule has 0 atom stereocenters. The molecule has 0 saturated heterocycles. The molecule has 0 radical (unpaired) electrons. The molecule has 2 aliphatic rings. The number of hydrogen-bond acceptors (Lipinski definition) is 3. The average Bonchev–Trinajstić information content (AvgIpc) is 3.60. The Morgan fingerprint density at radius 3 is 1.35 bits per heavy atom. The molecule has 1 fully saturated rings. The van der Waals surface area contributed by atoms with E-state index >= 15 is 0 Å². The van der Waals surface area contributed by atoms with Gasteiger partial charge in [0, 0.05) is 22.1 Å². The van der Waals surface area contributed by atoms with Crippen LogP contribution in [0.4, 0.5) is 0 Å². The summed E-state index contributed by atoms with van der Waals surface area (Å²) in [5, 5.41) is 0. The fraction of sp³-hybridized carbons (Fsp3) is 0.105. The zero-order valence-electron chi connectivity index (χ0n) is 33.4. The molecule has 1 spiro atoms. The van der Waals surface area contributed by atoms with Gasteiger partial charge in [-0.15, -0.1) is 0 Å². The summed E-state index contributed by atoms with van der Waals surface area (Å²) in [5.74, 6) is 1.94. The third kappa shape index (κ3) is 6.44. The number of benzene rings is 8. The molecule has 0 bridgehead atoms. The van der Waals surface area contributed by atoms with Crippen molar-refractivity contribution in [2.75, 3.05) is 0 Å². The lowest BCUT2D eigenvalue weighted by Crippen LogP contribution is -2.28. The second-order valence-electron chi connectivity index (χ2n) is 16.3. The van der Waals surface area contributed by atoms with Crippen LogP contribution in [0, 0.1) is 0 Å². The molecule has 3 heteroatoms. The smallest absolute Gasteiger partial charge is 0.164 e. The van der Waals surface area contributed by atoms with E-state index in [1.54, 1.807) is 5.56 Å². The topological polar surface area (TPSA) is 38.7 Å². The molecule has 0 aliphatic heterocycles. The van der Waals surface area contributed by atoms with Gasteiger partial charge in [-0.1, -0.05) is 207 Å². The molecule has 60 heavy (non-hydrogen) atoms. The summed E-state index contributed by atoms with van der Waals surface area (Å²) in [4.78, 5) is 15.1. The Morgan fingerprint density at radius 2 is 0.683 bits per heavy atom. The summed E-state index contributed by atoms with van der Waals surface area (Å²) in [5.41, 5.74) is 18.5. The van der Waals surface area contributed by atoms with Gasteiger partial charge in [-0.25, -0.2) is 15.0 Å². The van der Waals surface area contributed by atoms with Gasteiger partial charge >= 0.3 is 0 Å². The van der Waals surface area contributed by atoms with Gasteiger partial charge in [0.15, 0.2) is 17.5 Å². The number of hydrogen-bond donors (Lipinski definition) is 0. The summed E-state index contributed by atoms with van der Waals surface area (Å²) in [6, 6.07) is 71.8. The van der Waals surface area contributed by atoms with Crippen molar-refractivity contribution in [3.63, 3.8) is 0 Å². The molecule has 11 rings (SSSR count). The van der Waals surface area contributed by atoms with Crippen molar-refractivity contribution in [2.24, 2.45) is 0 Å². The highest BCUT2D eigenvalue weighted by Crippen LogP contribution is 2.58. The van der Waals surface area contributed by atoms with Gasteiger partial charge in [0.05, 0.1) is 0 Å². The minimum Gasteiger partial charge on any atom is -0.208 e. The van der Waals surface area contributed by atoms with E-state index in [0.29, 0.717) is 17.5 Å². The third-order valence-electron chi connectivity index (χ3n) is 12.7. The number of aromatic nitrogens is 3. The first-order valence-corrected chi connectivity index (χ1v) is 21.2. The first-order chi connectivity index (χ1) is 29.7. The van der Waals surface area contributed by atoms with Crippen LogP contribution in [-0.4, -0.2) is 15.0 Å². The van der Waals surface area contributed by atoms with Crippen molar-refractivity contribution in [3.05, 3.63) is 211 Å². The maximum atomic E-state index is 5.07. The number of fused-ring (bicyclic) bond motifs is 5. The van der Waals surface area contributed by atoms with Crippen LogP contribution in [-0.2, 0) is 5.41 Å². The van der Waals surface area contributed by atoms with E-state index in [-0.39, 0.29) is 5.41 Å². The first kappa shape index (κ1) is 35.9. The van der Waals surface area contributed by atoms with Crippen molar-refractivity contribution in [2.45, 2.75) is 37.5 Å². The highest BCUT2D eigenvalue weighted by Gasteiger charge is 2.45. The van der Waals surface area contributed by atoms with E-state index in [9.17, 15) is 0 Å². The highest BCUT2D eigenvalue weighted by molar-refractivity contribution is 5.89. The number of rotatable bonds is 7. The van der Waals surface area contributed by atoms with E-state index in [2.05, 4.69) is 176 Å². The summed E-state index contributed by atoms with van der Waals surface area (Å²) in [6.07, 6.45) is 6.36. The number of nitrogens with zero attached hydrogens (tertiary/aromatic N) is 3. The van der Waals surface area contributed by atoms with Gasteiger partial charge in [0.1, 0.15) is 0 Å². The Balaban J connectivity index is 0.916. The Morgan fingerprint density at radius 1 is 0.283 bits per heavy atom. The summed E-state index contributed by atoms with van der Waals surface area (Å²) in [7, 11) is 0. The second-order valence-corrected chi connectivity index (χ2v) is 16.3. The Hall–Kier alpha value is -7.23. The molecule has 1 saturated carbocycles. The second kappa shape index (κ2) is 15.2. The highest BCUT2D eigenvalue weighted by atomic mass is 15.0. The maximum absolute atomic E-state index is 5.07. The van der Waals surface area contributed by atoms with Crippen molar-refractivity contribution in [1.29, 1.82) is 0 Å². The van der Waals surface area contributed by atoms with Crippen LogP contribution in [0.3, 0.4) is 0 Å². The predicted molar refractivity (Wildman–Crippen MR) is 247 cm³/mol. The van der Waals surface area contributed by atoms with E-state index in [4.69, 9.17) is 15.0 Å². The van der Waals surface area contributed by atoms with E-state index in [0.717, 1.165) is 33.4 Å². The summed E-state index contributed by atoms with van der Waals surface area (Å²) >= 11 is 0. The van der Waals surface area contributed by atoms with Gasteiger partial charge in [0.25, 0.3) is 0 Å². The van der Waals surface area contributed by atoms with Gasteiger partial charge in [-0.2, -0.15) is 0 Å². The van der Waals surface area contributed by atoms with E-state index in [1.165, 1.54) is 76.6 Å². The summed E-state index contributed by atoms with van der Waals surface area (Å²) < 4.78 is 0. The standard InChI is InChI=1S/C57H43N3/c1-4-15-39(16-5-1)40-29-33-44(34-30-40)55-58-54(43-17-6-2-7-18-43)59-56(60-55)48-22-13-21-47(38-48)46-20-12-19-45(37-46)41-27-31-42(32-28-41)49-24-14-25-51-50-23-8-9-26-52(50)57(53(49)51)35-10-3-11-36-57/h1-2,4-9,12-34,37-38H,3,10-11,35-36H2. The van der Waals surface area contributed by atoms with Crippen LogP contribution < -0.4 is 0 Å². The molecule has 286 valence electrons. The van der Waals surface area contributed by atoms with E-state index < -0.39 is 0 Å². The molecule has 1 aromatic heterocycles. The van der Waals surface area contributed by atoms with Crippen LogP contribution in [0.1, 0.15) is 43.2 Å². The van der Waals surface area contributed by atoms with Crippen LogP contribution in [0.5, 0.6) is 0 Å². The normalized spacial score (nSPS) is 13.8. The Kier molecular flexibility index (Phi) is 9.08. The molecule has 0 amide bonds. The lowest BCUT2D eigenvalue weighted by molar-refractivity contribution is 0.353. The minimum atomic E-state index is 0.114. The monoisotopic (exact) mass is 769 g/mol. The fourth-order valence-corrected chi connectivity index (χ4v) is 9.83. The molecule has 9 aromatic rings. The van der Waals surface area contributed by atoms with Crippen LogP contribution in [0.25, 0.3) is 89.8 Å². The van der Waals surface area contributed by atoms with Gasteiger partial charge in [-0.3, -0.25) is 0 Å². The zero-order valence-corrected chi connectivity index (χ0v) is 33.4. The van der Waals surface area contributed by atoms with Gasteiger partial charge in [-0.05, 0) is 91.7 Å². The summed E-state index contributed by atoms with van der Waals surface area (Å²) in [6.45, 7) is 0. The molecule has 1 heterocycles. The Bertz CT molecular complexity index is 2980. The van der Waals surface area contributed by atoms with Crippen molar-refractivity contribution < 1.29 is 0 Å². The third-order valence-corrected chi connectivity index (χ3v) is 12.7. The average molecular weight is 770 g/mol. The van der Waals surface area contributed by atoms with Crippen LogP contribution >= 0.6 is 0 Å². The zero-order chi connectivity index (χ0) is 39.9. The largest absolute Gasteiger partial charge is 0.208 e. The molecular weight excluding hydrogens is 727 g/mol. The predicted octanol–water partition coefficient (Wildman–Crippen LogP) is 14.8. The Labute approximate surface area is 352 Å². The lowest BCUT2D eigenvalue weighted by atomic mass is 9.66.